The lowest BCUT2D eigenvalue weighted by atomic mass is 10.0. The van der Waals surface area contributed by atoms with Crippen LogP contribution in [0.1, 0.15) is 18.4 Å². The first-order chi connectivity index (χ1) is 11.7. The fourth-order valence-corrected chi connectivity index (χ4v) is 3.17. The van der Waals surface area contributed by atoms with Gasteiger partial charge in [0.05, 0.1) is 0 Å². The van der Waals surface area contributed by atoms with Gasteiger partial charge in [0.2, 0.25) is 0 Å². The Bertz CT molecular complexity index is 636. The number of anilines is 1. The van der Waals surface area contributed by atoms with Crippen LogP contribution < -0.4 is 10.1 Å². The summed E-state index contributed by atoms with van der Waals surface area (Å²) in [6, 6.07) is 17.5. The SMILES string of the molecule is FC(F)Oc1ccccc1CN1CCCC(Nc2ccccc2)C1. The Labute approximate surface area is 141 Å². The molecule has 1 aliphatic rings. The number of benzene rings is 2. The first-order valence-electron chi connectivity index (χ1n) is 8.27. The number of ether oxygens (including phenoxy) is 1. The molecule has 128 valence electrons. The molecule has 0 saturated carbocycles. The molecule has 2 aromatic rings. The van der Waals surface area contributed by atoms with E-state index < -0.39 is 6.61 Å². The van der Waals surface area contributed by atoms with Crippen LogP contribution in [0.5, 0.6) is 5.75 Å². The van der Waals surface area contributed by atoms with Crippen LogP contribution in [0.25, 0.3) is 0 Å². The lowest BCUT2D eigenvalue weighted by Gasteiger charge is -2.34. The van der Waals surface area contributed by atoms with Gasteiger partial charge in [-0.2, -0.15) is 8.78 Å². The van der Waals surface area contributed by atoms with Gasteiger partial charge < -0.3 is 10.1 Å². The Balaban J connectivity index is 1.61. The van der Waals surface area contributed by atoms with E-state index in [2.05, 4.69) is 27.1 Å². The van der Waals surface area contributed by atoms with Crippen molar-refractivity contribution in [2.75, 3.05) is 18.4 Å². The summed E-state index contributed by atoms with van der Waals surface area (Å²) in [7, 11) is 0. The van der Waals surface area contributed by atoms with Crippen LogP contribution in [-0.4, -0.2) is 30.6 Å². The topological polar surface area (TPSA) is 24.5 Å². The van der Waals surface area contributed by atoms with Crippen molar-refractivity contribution in [1.82, 2.24) is 4.90 Å². The maximum Gasteiger partial charge on any atom is 0.387 e. The first-order valence-corrected chi connectivity index (χ1v) is 8.27. The van der Waals surface area contributed by atoms with Crippen molar-refractivity contribution >= 4 is 5.69 Å². The molecular weight excluding hydrogens is 310 g/mol. The molecule has 0 aromatic heterocycles. The Kier molecular flexibility index (Phi) is 5.64. The summed E-state index contributed by atoms with van der Waals surface area (Å²) in [5.74, 6) is 0.269. The minimum atomic E-state index is -2.79. The molecule has 0 radical (unpaired) electrons. The van der Waals surface area contributed by atoms with E-state index in [0.717, 1.165) is 37.2 Å². The van der Waals surface area contributed by atoms with E-state index in [0.29, 0.717) is 12.6 Å². The van der Waals surface area contributed by atoms with Gasteiger partial charge in [-0.05, 0) is 37.6 Å². The van der Waals surface area contributed by atoms with Crippen LogP contribution in [0.4, 0.5) is 14.5 Å². The van der Waals surface area contributed by atoms with Gasteiger partial charge in [-0.3, -0.25) is 4.90 Å². The van der Waals surface area contributed by atoms with Crippen LogP contribution in [0.15, 0.2) is 54.6 Å². The second-order valence-electron chi connectivity index (χ2n) is 6.07. The minimum Gasteiger partial charge on any atom is -0.434 e. The molecule has 1 unspecified atom stereocenters. The predicted molar refractivity (Wildman–Crippen MR) is 91.4 cm³/mol. The molecule has 0 bridgehead atoms. The molecule has 3 rings (SSSR count). The van der Waals surface area contributed by atoms with Crippen LogP contribution in [0.3, 0.4) is 0 Å². The minimum absolute atomic E-state index is 0.269. The van der Waals surface area contributed by atoms with Gasteiger partial charge in [0.1, 0.15) is 5.75 Å². The molecule has 1 saturated heterocycles. The van der Waals surface area contributed by atoms with Crippen molar-refractivity contribution in [3.8, 4) is 5.75 Å². The Morgan fingerprint density at radius 2 is 1.83 bits per heavy atom. The van der Waals surface area contributed by atoms with Crippen LogP contribution in [0.2, 0.25) is 0 Å². The number of hydrogen-bond donors (Lipinski definition) is 1. The molecular formula is C19H22F2N2O. The summed E-state index contributed by atoms with van der Waals surface area (Å²) in [6.07, 6.45) is 2.20. The van der Waals surface area contributed by atoms with Gasteiger partial charge in [0.25, 0.3) is 0 Å². The molecule has 1 fully saturated rings. The van der Waals surface area contributed by atoms with E-state index in [-0.39, 0.29) is 5.75 Å². The van der Waals surface area contributed by atoms with Crippen LogP contribution in [-0.2, 0) is 6.54 Å². The average Bonchev–Trinajstić information content (AvgIpc) is 2.57. The van der Waals surface area contributed by atoms with Crippen molar-refractivity contribution in [1.29, 1.82) is 0 Å². The lowest BCUT2D eigenvalue weighted by Crippen LogP contribution is -2.41. The molecule has 1 N–H and O–H groups in total. The summed E-state index contributed by atoms with van der Waals surface area (Å²) >= 11 is 0. The third-order valence-electron chi connectivity index (χ3n) is 4.23. The number of nitrogens with zero attached hydrogens (tertiary/aromatic N) is 1. The number of likely N-dealkylation sites (tertiary alicyclic amines) is 1. The van der Waals surface area contributed by atoms with Crippen molar-refractivity contribution in [2.45, 2.75) is 32.0 Å². The Morgan fingerprint density at radius 3 is 2.62 bits per heavy atom. The Hall–Kier alpha value is -2.14. The zero-order chi connectivity index (χ0) is 16.8. The maximum absolute atomic E-state index is 12.5. The highest BCUT2D eigenvalue weighted by Gasteiger charge is 2.21. The first kappa shape index (κ1) is 16.7. The Morgan fingerprint density at radius 1 is 1.08 bits per heavy atom. The van der Waals surface area contributed by atoms with Gasteiger partial charge in [-0.15, -0.1) is 0 Å². The number of nitrogens with one attached hydrogen (secondary N) is 1. The summed E-state index contributed by atoms with van der Waals surface area (Å²) in [4.78, 5) is 2.29. The highest BCUT2D eigenvalue weighted by molar-refractivity contribution is 5.43. The summed E-state index contributed by atoms with van der Waals surface area (Å²) in [5, 5.41) is 3.55. The monoisotopic (exact) mass is 332 g/mol. The molecule has 1 aliphatic heterocycles. The van der Waals surface area contributed by atoms with Gasteiger partial charge in [-0.1, -0.05) is 36.4 Å². The average molecular weight is 332 g/mol. The summed E-state index contributed by atoms with van der Waals surface area (Å²) in [5.41, 5.74) is 1.92. The van der Waals surface area contributed by atoms with Crippen molar-refractivity contribution in [2.24, 2.45) is 0 Å². The van der Waals surface area contributed by atoms with E-state index in [1.807, 2.05) is 30.3 Å². The lowest BCUT2D eigenvalue weighted by molar-refractivity contribution is -0.0508. The second kappa shape index (κ2) is 8.11. The quantitative estimate of drug-likeness (QED) is 0.850. The summed E-state index contributed by atoms with van der Waals surface area (Å²) in [6.45, 7) is -0.316. The van der Waals surface area contributed by atoms with Gasteiger partial charge in [0, 0.05) is 30.4 Å². The molecule has 2 aromatic carbocycles. The molecule has 0 amide bonds. The standard InChI is InChI=1S/C19H22F2N2O/c20-19(21)24-18-11-5-4-7-15(18)13-23-12-6-10-17(14-23)22-16-8-2-1-3-9-16/h1-5,7-9,11,17,19,22H,6,10,12-14H2. The highest BCUT2D eigenvalue weighted by atomic mass is 19.3. The molecule has 1 atom stereocenters. The van der Waals surface area contributed by atoms with E-state index in [4.69, 9.17) is 0 Å². The van der Waals surface area contributed by atoms with Crippen LogP contribution >= 0.6 is 0 Å². The molecule has 1 heterocycles. The number of halogens is 2. The highest BCUT2D eigenvalue weighted by Crippen LogP contribution is 2.24. The van der Waals surface area contributed by atoms with E-state index in [1.165, 1.54) is 0 Å². The predicted octanol–water partition coefficient (Wildman–Crippen LogP) is 4.36. The van der Waals surface area contributed by atoms with E-state index >= 15 is 0 Å². The molecule has 5 heteroatoms. The number of piperidine rings is 1. The molecule has 0 spiro atoms. The van der Waals surface area contributed by atoms with E-state index in [1.54, 1.807) is 12.1 Å². The smallest absolute Gasteiger partial charge is 0.387 e. The zero-order valence-electron chi connectivity index (χ0n) is 13.5. The van der Waals surface area contributed by atoms with Crippen LogP contribution in [0, 0.1) is 0 Å². The third kappa shape index (κ3) is 4.68. The van der Waals surface area contributed by atoms with Gasteiger partial charge >= 0.3 is 6.61 Å². The molecule has 3 nitrogen and oxygen atoms in total. The van der Waals surface area contributed by atoms with Gasteiger partial charge in [0.15, 0.2) is 0 Å². The number of alkyl halides is 2. The molecule has 0 aliphatic carbocycles. The van der Waals surface area contributed by atoms with Crippen molar-refractivity contribution in [3.05, 3.63) is 60.2 Å². The van der Waals surface area contributed by atoms with Crippen molar-refractivity contribution < 1.29 is 13.5 Å². The van der Waals surface area contributed by atoms with Crippen molar-refractivity contribution in [3.63, 3.8) is 0 Å². The third-order valence-corrected chi connectivity index (χ3v) is 4.23. The number of hydrogen-bond acceptors (Lipinski definition) is 3. The molecule has 24 heavy (non-hydrogen) atoms. The number of para-hydroxylation sites is 2. The second-order valence-corrected chi connectivity index (χ2v) is 6.07. The summed E-state index contributed by atoms with van der Waals surface area (Å²) < 4.78 is 29.7. The fraction of sp³-hybridized carbons (Fsp3) is 0.368. The number of rotatable bonds is 6. The zero-order valence-corrected chi connectivity index (χ0v) is 13.5. The van der Waals surface area contributed by atoms with E-state index in [9.17, 15) is 8.78 Å². The largest absolute Gasteiger partial charge is 0.434 e. The van der Waals surface area contributed by atoms with Gasteiger partial charge in [-0.25, -0.2) is 0 Å². The normalized spacial score (nSPS) is 18.5. The maximum atomic E-state index is 12.5. The fourth-order valence-electron chi connectivity index (χ4n) is 3.17.